The Morgan fingerprint density at radius 1 is 0.353 bits per heavy atom. The van der Waals surface area contributed by atoms with Crippen molar-refractivity contribution < 1.29 is 4.42 Å². The molecule has 0 N–H and O–H groups in total. The molecule has 0 saturated heterocycles. The van der Waals surface area contributed by atoms with Crippen LogP contribution in [-0.4, -0.2) is 9.97 Å². The molecule has 0 unspecified atom stereocenters. The van der Waals surface area contributed by atoms with E-state index in [1.165, 1.54) is 43.4 Å². The Morgan fingerprint density at radius 3 is 1.63 bits per heavy atom. The number of rotatable bonds is 3. The van der Waals surface area contributed by atoms with Crippen LogP contribution in [0.3, 0.4) is 0 Å². The SMILES string of the molecule is c1ccc2cc3c(cc2c1)oc1c(-c2ccc(-c4ccc(-c5ccc6ccc7cccnc7c6n5)c5ccccc45)c4ccccc24)cccc13. The van der Waals surface area contributed by atoms with Crippen molar-refractivity contribution in [2.24, 2.45) is 0 Å². The highest BCUT2D eigenvalue weighted by Crippen LogP contribution is 2.44. The standard InChI is InChI=1S/C48H28N2O/c1-2-10-32-28-45-43(27-31(32)9-1)42-17-7-16-41(48(42)51-45)39-22-21-37(33-12-3-4-13-34(33)39)38-23-24-40(36-15-6-5-14-35(36)38)44-25-20-30-19-18-29-11-8-26-49-46(29)47(30)50-44/h1-28H. The summed E-state index contributed by atoms with van der Waals surface area (Å²) in [4.78, 5) is 9.89. The van der Waals surface area contributed by atoms with E-state index in [9.17, 15) is 0 Å². The van der Waals surface area contributed by atoms with Crippen LogP contribution in [0.1, 0.15) is 0 Å². The molecule has 11 aromatic rings. The number of fused-ring (bicyclic) bond motifs is 9. The van der Waals surface area contributed by atoms with Gasteiger partial charge < -0.3 is 4.42 Å². The predicted octanol–water partition coefficient (Wildman–Crippen LogP) is 13.1. The summed E-state index contributed by atoms with van der Waals surface area (Å²) in [6, 6.07) is 58.5. The van der Waals surface area contributed by atoms with Gasteiger partial charge in [0.2, 0.25) is 0 Å². The van der Waals surface area contributed by atoms with E-state index in [0.29, 0.717) is 0 Å². The number of aromatic nitrogens is 2. The maximum absolute atomic E-state index is 6.66. The molecule has 0 aliphatic heterocycles. The molecule has 8 aromatic carbocycles. The second-order valence-corrected chi connectivity index (χ2v) is 13.3. The highest BCUT2D eigenvalue weighted by Gasteiger charge is 2.18. The molecule has 0 saturated carbocycles. The van der Waals surface area contributed by atoms with Crippen molar-refractivity contribution in [1.82, 2.24) is 9.97 Å². The van der Waals surface area contributed by atoms with Crippen LogP contribution in [0.15, 0.2) is 174 Å². The number of pyridine rings is 2. The van der Waals surface area contributed by atoms with Gasteiger partial charge in [-0.1, -0.05) is 140 Å². The smallest absolute Gasteiger partial charge is 0.143 e. The molecule has 3 heterocycles. The molecule has 51 heavy (non-hydrogen) atoms. The van der Waals surface area contributed by atoms with E-state index in [2.05, 4.69) is 163 Å². The quantitative estimate of drug-likeness (QED) is 0.179. The van der Waals surface area contributed by atoms with Gasteiger partial charge in [-0.2, -0.15) is 0 Å². The van der Waals surface area contributed by atoms with Gasteiger partial charge in [0, 0.05) is 38.9 Å². The molecule has 0 amide bonds. The number of para-hydroxylation sites is 1. The van der Waals surface area contributed by atoms with E-state index in [4.69, 9.17) is 9.40 Å². The summed E-state index contributed by atoms with van der Waals surface area (Å²) in [5, 5.41) is 11.6. The van der Waals surface area contributed by atoms with Crippen molar-refractivity contribution in [3.8, 4) is 33.5 Å². The van der Waals surface area contributed by atoms with Crippen molar-refractivity contribution >= 4 is 76.1 Å². The fourth-order valence-corrected chi connectivity index (χ4v) is 8.10. The Hall–Kier alpha value is -6.84. The molecule has 0 fully saturated rings. The van der Waals surface area contributed by atoms with Gasteiger partial charge in [-0.15, -0.1) is 0 Å². The lowest BCUT2D eigenvalue weighted by Gasteiger charge is -2.16. The van der Waals surface area contributed by atoms with Gasteiger partial charge >= 0.3 is 0 Å². The van der Waals surface area contributed by atoms with Crippen LogP contribution in [0, 0.1) is 0 Å². The van der Waals surface area contributed by atoms with Crippen molar-refractivity contribution in [3.63, 3.8) is 0 Å². The zero-order valence-corrected chi connectivity index (χ0v) is 27.5. The predicted molar refractivity (Wildman–Crippen MR) is 213 cm³/mol. The van der Waals surface area contributed by atoms with Crippen molar-refractivity contribution in [3.05, 3.63) is 170 Å². The van der Waals surface area contributed by atoms with E-state index in [-0.39, 0.29) is 0 Å². The van der Waals surface area contributed by atoms with Gasteiger partial charge in [-0.25, -0.2) is 4.98 Å². The number of nitrogens with zero attached hydrogens (tertiary/aromatic N) is 2. The maximum Gasteiger partial charge on any atom is 0.143 e. The Bertz CT molecular complexity index is 3210. The summed E-state index contributed by atoms with van der Waals surface area (Å²) in [7, 11) is 0. The zero-order chi connectivity index (χ0) is 33.5. The first-order valence-corrected chi connectivity index (χ1v) is 17.3. The first-order chi connectivity index (χ1) is 25.3. The average Bonchev–Trinajstić information content (AvgIpc) is 3.56. The first-order valence-electron chi connectivity index (χ1n) is 17.3. The molecule has 3 aromatic heterocycles. The van der Waals surface area contributed by atoms with Gasteiger partial charge in [0.25, 0.3) is 0 Å². The molecule has 0 bridgehead atoms. The Balaban J connectivity index is 1.09. The molecule has 236 valence electrons. The van der Waals surface area contributed by atoms with Crippen LogP contribution in [-0.2, 0) is 0 Å². The Kier molecular flexibility index (Phi) is 5.96. The van der Waals surface area contributed by atoms with Gasteiger partial charge in [-0.3, -0.25) is 4.98 Å². The molecule has 0 aliphatic rings. The summed E-state index contributed by atoms with van der Waals surface area (Å²) < 4.78 is 6.66. The second-order valence-electron chi connectivity index (χ2n) is 13.3. The van der Waals surface area contributed by atoms with Crippen molar-refractivity contribution in [1.29, 1.82) is 0 Å². The van der Waals surface area contributed by atoms with Crippen LogP contribution in [0.5, 0.6) is 0 Å². The topological polar surface area (TPSA) is 38.9 Å². The number of hydrogen-bond acceptors (Lipinski definition) is 3. The van der Waals surface area contributed by atoms with Gasteiger partial charge in [0.15, 0.2) is 0 Å². The minimum atomic E-state index is 0.911. The number of hydrogen-bond donors (Lipinski definition) is 0. The Morgan fingerprint density at radius 2 is 0.902 bits per heavy atom. The maximum atomic E-state index is 6.66. The summed E-state index contributed by atoms with van der Waals surface area (Å²) >= 11 is 0. The van der Waals surface area contributed by atoms with E-state index in [1.54, 1.807) is 0 Å². The molecule has 0 spiro atoms. The van der Waals surface area contributed by atoms with E-state index in [1.807, 2.05) is 12.3 Å². The van der Waals surface area contributed by atoms with Crippen molar-refractivity contribution in [2.75, 3.05) is 0 Å². The third-order valence-electron chi connectivity index (χ3n) is 10.5. The number of benzene rings is 8. The lowest BCUT2D eigenvalue weighted by Crippen LogP contribution is -1.92. The van der Waals surface area contributed by atoms with Crippen LogP contribution in [0.4, 0.5) is 0 Å². The van der Waals surface area contributed by atoms with Crippen LogP contribution in [0.25, 0.3) is 110 Å². The molecule has 0 aliphatic carbocycles. The fourth-order valence-electron chi connectivity index (χ4n) is 8.10. The molecular weight excluding hydrogens is 621 g/mol. The highest BCUT2D eigenvalue weighted by atomic mass is 16.3. The normalized spacial score (nSPS) is 11.9. The zero-order valence-electron chi connectivity index (χ0n) is 27.5. The lowest BCUT2D eigenvalue weighted by molar-refractivity contribution is 0.670. The van der Waals surface area contributed by atoms with Gasteiger partial charge in [0.05, 0.1) is 16.7 Å². The third kappa shape index (κ3) is 4.25. The van der Waals surface area contributed by atoms with Gasteiger partial charge in [-0.05, 0) is 73.3 Å². The van der Waals surface area contributed by atoms with E-state index in [0.717, 1.165) is 66.1 Å². The lowest BCUT2D eigenvalue weighted by atomic mass is 9.88. The summed E-state index contributed by atoms with van der Waals surface area (Å²) in [5.41, 5.74) is 10.4. The summed E-state index contributed by atoms with van der Waals surface area (Å²) in [5.74, 6) is 0. The molecular formula is C48H28N2O. The summed E-state index contributed by atoms with van der Waals surface area (Å²) in [6.45, 7) is 0. The van der Waals surface area contributed by atoms with Crippen LogP contribution >= 0.6 is 0 Å². The van der Waals surface area contributed by atoms with Gasteiger partial charge in [0.1, 0.15) is 11.2 Å². The van der Waals surface area contributed by atoms with Crippen molar-refractivity contribution in [2.45, 2.75) is 0 Å². The van der Waals surface area contributed by atoms with E-state index < -0.39 is 0 Å². The largest absolute Gasteiger partial charge is 0.455 e. The van der Waals surface area contributed by atoms with Crippen LogP contribution in [0.2, 0.25) is 0 Å². The number of furan rings is 1. The second kappa shape index (κ2) is 10.8. The third-order valence-corrected chi connectivity index (χ3v) is 10.5. The molecule has 11 rings (SSSR count). The minimum absolute atomic E-state index is 0.911. The molecule has 0 radical (unpaired) electrons. The fraction of sp³-hybridized carbons (Fsp3) is 0. The molecule has 0 atom stereocenters. The van der Waals surface area contributed by atoms with E-state index >= 15 is 0 Å². The first kappa shape index (κ1) is 28.0. The highest BCUT2D eigenvalue weighted by molar-refractivity contribution is 6.17. The molecule has 3 nitrogen and oxygen atoms in total. The summed E-state index contributed by atoms with van der Waals surface area (Å²) in [6.07, 6.45) is 1.84. The monoisotopic (exact) mass is 648 g/mol. The molecule has 3 heteroatoms. The average molecular weight is 649 g/mol. The van der Waals surface area contributed by atoms with Crippen LogP contribution < -0.4 is 0 Å². The Labute approximate surface area is 293 Å². The minimum Gasteiger partial charge on any atom is -0.455 e.